The Morgan fingerprint density at radius 1 is 1.22 bits per heavy atom. The fraction of sp³-hybridized carbons (Fsp3) is 0.412. The van der Waals surface area contributed by atoms with Crippen LogP contribution >= 0.6 is 0 Å². The molecule has 6 heteroatoms. The van der Waals surface area contributed by atoms with Crippen LogP contribution in [0.2, 0.25) is 0 Å². The Balaban J connectivity index is 1.71. The summed E-state index contributed by atoms with van der Waals surface area (Å²) >= 11 is 0. The molecule has 0 radical (unpaired) electrons. The summed E-state index contributed by atoms with van der Waals surface area (Å²) in [5, 5.41) is 0.949. The molecule has 23 heavy (non-hydrogen) atoms. The van der Waals surface area contributed by atoms with Gasteiger partial charge < -0.3 is 9.15 Å². The van der Waals surface area contributed by atoms with Crippen LogP contribution in [0.1, 0.15) is 20.8 Å². The van der Waals surface area contributed by atoms with Crippen LogP contribution in [0.25, 0.3) is 11.0 Å². The number of hydrogen-bond acceptors (Lipinski definition) is 4. The highest BCUT2D eigenvalue weighted by Crippen LogP contribution is 2.27. The number of hydrogen-bond donors (Lipinski definition) is 0. The number of amides is 2. The van der Waals surface area contributed by atoms with Gasteiger partial charge in [0.05, 0.1) is 0 Å². The van der Waals surface area contributed by atoms with Crippen molar-refractivity contribution in [2.75, 3.05) is 24.5 Å². The normalized spacial score (nSPS) is 16.0. The van der Waals surface area contributed by atoms with Crippen molar-refractivity contribution in [3.05, 3.63) is 30.3 Å². The summed E-state index contributed by atoms with van der Waals surface area (Å²) in [6.07, 6.45) is -0.463. The van der Waals surface area contributed by atoms with Crippen LogP contribution < -0.4 is 4.90 Å². The van der Waals surface area contributed by atoms with Gasteiger partial charge in [-0.15, -0.1) is 0 Å². The average molecular weight is 316 g/mol. The molecule has 1 saturated heterocycles. The number of furan rings is 1. The number of carbonyl (C=O) groups excluding carboxylic acids is 2. The Labute approximate surface area is 134 Å². The number of rotatable bonds is 1. The van der Waals surface area contributed by atoms with Crippen LogP contribution in [0.15, 0.2) is 34.7 Å². The Hall–Kier alpha value is -2.50. The molecule has 2 heterocycles. The molecule has 2 amide bonds. The molecule has 0 bridgehead atoms. The lowest BCUT2D eigenvalue weighted by atomic mass is 10.2. The summed E-state index contributed by atoms with van der Waals surface area (Å²) in [6.45, 7) is 6.20. The number of anilines is 1. The van der Waals surface area contributed by atoms with Gasteiger partial charge in [0.15, 0.2) is 0 Å². The summed E-state index contributed by atoms with van der Waals surface area (Å²) in [7, 11) is 0. The predicted octanol–water partition coefficient (Wildman–Crippen LogP) is 3.02. The van der Waals surface area contributed by atoms with Gasteiger partial charge in [-0.3, -0.25) is 14.6 Å². The second-order valence-electron chi connectivity index (χ2n) is 6.57. The van der Waals surface area contributed by atoms with E-state index in [1.165, 1.54) is 4.90 Å². The smallest absolute Gasteiger partial charge is 0.410 e. The standard InChI is InChI=1S/C17H20N2O4/c1-17(2,3)23-16(21)18-8-9-19(14(20)11-18)15-10-12-6-4-5-7-13(12)22-15/h4-7,10H,8-9,11H2,1-3H3. The zero-order valence-corrected chi connectivity index (χ0v) is 13.5. The van der Waals surface area contributed by atoms with E-state index >= 15 is 0 Å². The van der Waals surface area contributed by atoms with Crippen molar-refractivity contribution < 1.29 is 18.7 Å². The maximum atomic E-state index is 12.4. The third-order valence-corrected chi connectivity index (χ3v) is 3.55. The Morgan fingerprint density at radius 3 is 2.61 bits per heavy atom. The quantitative estimate of drug-likeness (QED) is 0.811. The Kier molecular flexibility index (Phi) is 3.75. The van der Waals surface area contributed by atoms with Crippen LogP contribution in [0.3, 0.4) is 0 Å². The van der Waals surface area contributed by atoms with E-state index in [1.807, 2.05) is 30.3 Å². The lowest BCUT2D eigenvalue weighted by molar-refractivity contribution is -0.121. The van der Waals surface area contributed by atoms with E-state index in [9.17, 15) is 9.59 Å². The Bertz CT molecular complexity index is 711. The van der Waals surface area contributed by atoms with Gasteiger partial charge in [-0.2, -0.15) is 0 Å². The fourth-order valence-corrected chi connectivity index (χ4v) is 2.49. The molecule has 0 unspecified atom stereocenters. The van der Waals surface area contributed by atoms with Crippen molar-refractivity contribution in [3.63, 3.8) is 0 Å². The maximum Gasteiger partial charge on any atom is 0.410 e. The van der Waals surface area contributed by atoms with E-state index in [2.05, 4.69) is 0 Å². The summed E-state index contributed by atoms with van der Waals surface area (Å²) in [4.78, 5) is 27.4. The van der Waals surface area contributed by atoms with Crippen molar-refractivity contribution in [2.24, 2.45) is 0 Å². The maximum absolute atomic E-state index is 12.4. The van der Waals surface area contributed by atoms with E-state index < -0.39 is 11.7 Å². The zero-order chi connectivity index (χ0) is 16.6. The third-order valence-electron chi connectivity index (χ3n) is 3.55. The second-order valence-corrected chi connectivity index (χ2v) is 6.57. The molecule has 122 valence electrons. The molecule has 6 nitrogen and oxygen atoms in total. The summed E-state index contributed by atoms with van der Waals surface area (Å²) in [5.74, 6) is 0.334. The largest absolute Gasteiger partial charge is 0.444 e. The molecule has 0 N–H and O–H groups in total. The van der Waals surface area contributed by atoms with E-state index in [1.54, 1.807) is 25.7 Å². The zero-order valence-electron chi connectivity index (χ0n) is 13.5. The summed E-state index contributed by atoms with van der Waals surface area (Å²) in [6, 6.07) is 9.45. The van der Waals surface area contributed by atoms with Crippen LogP contribution in [0, 0.1) is 0 Å². The van der Waals surface area contributed by atoms with Gasteiger partial charge in [-0.05, 0) is 26.8 Å². The molecule has 1 aromatic heterocycles. The van der Waals surface area contributed by atoms with Crippen LogP contribution in [0.4, 0.5) is 10.7 Å². The first-order valence-corrected chi connectivity index (χ1v) is 7.60. The predicted molar refractivity (Wildman–Crippen MR) is 86.4 cm³/mol. The molecule has 1 aliphatic rings. The van der Waals surface area contributed by atoms with Crippen molar-refractivity contribution in [3.8, 4) is 0 Å². The lowest BCUT2D eigenvalue weighted by Gasteiger charge is -2.33. The van der Waals surface area contributed by atoms with Gasteiger partial charge in [0, 0.05) is 24.5 Å². The molecule has 0 aliphatic carbocycles. The SMILES string of the molecule is CC(C)(C)OC(=O)N1CCN(c2cc3ccccc3o2)C(=O)C1. The molecule has 0 saturated carbocycles. The van der Waals surface area contributed by atoms with E-state index in [4.69, 9.17) is 9.15 Å². The highest BCUT2D eigenvalue weighted by molar-refractivity contribution is 5.98. The molecule has 0 atom stereocenters. The molecule has 1 aliphatic heterocycles. The van der Waals surface area contributed by atoms with Crippen molar-refractivity contribution in [1.29, 1.82) is 0 Å². The number of piperazine rings is 1. The number of para-hydroxylation sites is 1. The van der Waals surface area contributed by atoms with Crippen molar-refractivity contribution >= 4 is 28.9 Å². The molecule has 1 aromatic carbocycles. The first-order chi connectivity index (χ1) is 10.8. The number of nitrogens with zero attached hydrogens (tertiary/aromatic N) is 2. The highest BCUT2D eigenvalue weighted by Gasteiger charge is 2.32. The monoisotopic (exact) mass is 316 g/mol. The van der Waals surface area contributed by atoms with Crippen molar-refractivity contribution in [1.82, 2.24) is 4.90 Å². The number of fused-ring (bicyclic) bond motifs is 1. The van der Waals surface area contributed by atoms with E-state index in [0.717, 1.165) is 11.0 Å². The minimum atomic E-state index is -0.573. The number of ether oxygens (including phenoxy) is 1. The lowest BCUT2D eigenvalue weighted by Crippen LogP contribution is -2.53. The minimum absolute atomic E-state index is 0.00798. The van der Waals surface area contributed by atoms with Gasteiger partial charge in [-0.1, -0.05) is 18.2 Å². The summed E-state index contributed by atoms with van der Waals surface area (Å²) < 4.78 is 11.0. The van der Waals surface area contributed by atoms with Crippen LogP contribution in [-0.4, -0.2) is 42.1 Å². The van der Waals surface area contributed by atoms with Gasteiger partial charge in [-0.25, -0.2) is 4.79 Å². The number of benzene rings is 1. The molecule has 2 aromatic rings. The molecule has 0 spiro atoms. The third kappa shape index (κ3) is 3.31. The molecular formula is C17H20N2O4. The second kappa shape index (κ2) is 5.61. The van der Waals surface area contributed by atoms with Gasteiger partial charge in [0.2, 0.25) is 11.8 Å². The van der Waals surface area contributed by atoms with Crippen molar-refractivity contribution in [2.45, 2.75) is 26.4 Å². The highest BCUT2D eigenvalue weighted by atomic mass is 16.6. The number of carbonyl (C=O) groups is 2. The van der Waals surface area contributed by atoms with Gasteiger partial charge >= 0.3 is 6.09 Å². The topological polar surface area (TPSA) is 63.0 Å². The molecular weight excluding hydrogens is 296 g/mol. The van der Waals surface area contributed by atoms with E-state index in [0.29, 0.717) is 19.0 Å². The minimum Gasteiger partial charge on any atom is -0.444 e. The van der Waals surface area contributed by atoms with Crippen LogP contribution in [-0.2, 0) is 9.53 Å². The molecule has 3 rings (SSSR count). The van der Waals surface area contributed by atoms with Gasteiger partial charge in [0.1, 0.15) is 17.7 Å². The first kappa shape index (κ1) is 15.4. The fourth-order valence-electron chi connectivity index (χ4n) is 2.49. The summed E-state index contributed by atoms with van der Waals surface area (Å²) in [5.41, 5.74) is 0.167. The van der Waals surface area contributed by atoms with Crippen LogP contribution in [0.5, 0.6) is 0 Å². The molecule has 1 fully saturated rings. The van der Waals surface area contributed by atoms with Gasteiger partial charge in [0.25, 0.3) is 0 Å². The Morgan fingerprint density at radius 2 is 1.96 bits per heavy atom. The van der Waals surface area contributed by atoms with E-state index in [-0.39, 0.29) is 12.5 Å². The average Bonchev–Trinajstić information content (AvgIpc) is 2.88. The first-order valence-electron chi connectivity index (χ1n) is 7.60.